The molecule has 3 heterocycles. The molecule has 40 heavy (non-hydrogen) atoms. The molecule has 210 valence electrons. The highest BCUT2D eigenvalue weighted by Crippen LogP contribution is 2.39. The third-order valence-corrected chi connectivity index (χ3v) is 6.95. The molecule has 1 saturated heterocycles. The van der Waals surface area contributed by atoms with Crippen LogP contribution in [0.5, 0.6) is 17.2 Å². The van der Waals surface area contributed by atoms with E-state index in [9.17, 15) is 9.18 Å². The Labute approximate surface area is 232 Å². The quantitative estimate of drug-likeness (QED) is 0.295. The molecule has 0 bridgehead atoms. The fraction of sp³-hybridized carbons (Fsp3) is 0.367. The highest BCUT2D eigenvalue weighted by atomic mass is 19.1. The fourth-order valence-corrected chi connectivity index (χ4v) is 4.68. The fourth-order valence-electron chi connectivity index (χ4n) is 4.68. The van der Waals surface area contributed by atoms with Gasteiger partial charge in [0, 0.05) is 37.0 Å². The van der Waals surface area contributed by atoms with E-state index in [1.165, 1.54) is 12.1 Å². The van der Waals surface area contributed by atoms with Crippen molar-refractivity contribution in [2.75, 3.05) is 25.9 Å². The molecular formula is C30H34FN5O4. The van der Waals surface area contributed by atoms with Gasteiger partial charge in [-0.15, -0.1) is 5.06 Å². The predicted molar refractivity (Wildman–Crippen MR) is 150 cm³/mol. The van der Waals surface area contributed by atoms with Crippen molar-refractivity contribution < 1.29 is 23.5 Å². The smallest absolute Gasteiger partial charge is 0.330 e. The van der Waals surface area contributed by atoms with Crippen molar-refractivity contribution in [3.8, 4) is 17.2 Å². The first-order valence-electron chi connectivity index (χ1n) is 13.3. The Balaban J connectivity index is 1.48. The number of anilines is 1. The Morgan fingerprint density at radius 1 is 1.07 bits per heavy atom. The van der Waals surface area contributed by atoms with Crippen molar-refractivity contribution in [3.05, 3.63) is 71.8 Å². The van der Waals surface area contributed by atoms with Crippen molar-refractivity contribution >= 4 is 22.7 Å². The van der Waals surface area contributed by atoms with Gasteiger partial charge in [-0.1, -0.05) is 12.1 Å². The monoisotopic (exact) mass is 547 g/mol. The van der Waals surface area contributed by atoms with Gasteiger partial charge in [-0.25, -0.2) is 18.9 Å². The number of carbonyl (C=O) groups excluding carboxylic acids is 1. The number of hydroxylamine groups is 2. The summed E-state index contributed by atoms with van der Waals surface area (Å²) >= 11 is 0. The standard InChI is InChI=1S/C30H34FN5O4/c1-30(2,3)29(37)40-35-15-12-20(13-16-35)27-26-25(39-24-10-7-21(32)17-23(24)31)11-14-33-28(26)36(34-27)18-19-5-8-22(38-4)9-6-19/h5-11,14,17,20H,12-13,15-16,18,32H2,1-4H3. The summed E-state index contributed by atoms with van der Waals surface area (Å²) in [5, 5.41) is 7.47. The lowest BCUT2D eigenvalue weighted by Crippen LogP contribution is -2.38. The molecule has 2 aromatic carbocycles. The average molecular weight is 548 g/mol. The van der Waals surface area contributed by atoms with E-state index in [4.69, 9.17) is 25.1 Å². The van der Waals surface area contributed by atoms with Gasteiger partial charge in [0.1, 0.15) is 11.5 Å². The van der Waals surface area contributed by atoms with Crippen LogP contribution >= 0.6 is 0 Å². The molecule has 0 unspecified atom stereocenters. The summed E-state index contributed by atoms with van der Waals surface area (Å²) in [5.41, 5.74) is 7.96. The van der Waals surface area contributed by atoms with Crippen molar-refractivity contribution in [2.45, 2.75) is 46.1 Å². The first-order chi connectivity index (χ1) is 19.1. The molecule has 0 amide bonds. The van der Waals surface area contributed by atoms with Gasteiger partial charge in [0.05, 0.1) is 30.1 Å². The van der Waals surface area contributed by atoms with Crippen molar-refractivity contribution in [1.82, 2.24) is 19.8 Å². The van der Waals surface area contributed by atoms with E-state index in [0.717, 1.165) is 35.2 Å². The maximum absolute atomic E-state index is 14.7. The Bertz CT molecular complexity index is 1510. The van der Waals surface area contributed by atoms with Gasteiger partial charge in [0.25, 0.3) is 0 Å². The molecule has 0 spiro atoms. The summed E-state index contributed by atoms with van der Waals surface area (Å²) in [6.07, 6.45) is 3.07. The zero-order valence-electron chi connectivity index (χ0n) is 23.2. The lowest BCUT2D eigenvalue weighted by atomic mass is 9.92. The second kappa shape index (κ2) is 11.1. The van der Waals surface area contributed by atoms with E-state index in [0.29, 0.717) is 36.7 Å². The van der Waals surface area contributed by atoms with E-state index in [1.807, 2.05) is 49.7 Å². The summed E-state index contributed by atoms with van der Waals surface area (Å²) in [5.74, 6) is 0.558. The largest absolute Gasteiger partial charge is 0.497 e. The minimum atomic E-state index is -0.581. The number of methoxy groups -OCH3 is 1. The first-order valence-corrected chi connectivity index (χ1v) is 13.3. The second-order valence-corrected chi connectivity index (χ2v) is 11.0. The third-order valence-electron chi connectivity index (χ3n) is 6.95. The summed E-state index contributed by atoms with van der Waals surface area (Å²) in [4.78, 5) is 22.7. The molecule has 0 saturated carbocycles. The first kappa shape index (κ1) is 27.4. The molecule has 1 aliphatic rings. The lowest BCUT2D eigenvalue weighted by molar-refractivity contribution is -0.204. The van der Waals surface area contributed by atoms with Crippen molar-refractivity contribution in [1.29, 1.82) is 0 Å². The highest BCUT2D eigenvalue weighted by Gasteiger charge is 2.31. The van der Waals surface area contributed by atoms with Crippen LogP contribution in [-0.4, -0.2) is 46.0 Å². The van der Waals surface area contributed by atoms with E-state index >= 15 is 0 Å². The third kappa shape index (κ3) is 5.86. The number of aromatic nitrogens is 3. The minimum Gasteiger partial charge on any atom is -0.497 e. The number of nitrogens with two attached hydrogens (primary N) is 1. The van der Waals surface area contributed by atoms with Crippen molar-refractivity contribution in [3.63, 3.8) is 0 Å². The zero-order valence-corrected chi connectivity index (χ0v) is 23.2. The molecule has 2 N–H and O–H groups in total. The molecule has 1 aliphatic heterocycles. The number of piperidine rings is 1. The molecule has 0 radical (unpaired) electrons. The van der Waals surface area contributed by atoms with Gasteiger partial charge >= 0.3 is 5.97 Å². The van der Waals surface area contributed by atoms with Gasteiger partial charge in [-0.3, -0.25) is 0 Å². The van der Waals surface area contributed by atoms with E-state index in [2.05, 4.69) is 4.98 Å². The van der Waals surface area contributed by atoms with Gasteiger partial charge in [0.15, 0.2) is 17.2 Å². The second-order valence-electron chi connectivity index (χ2n) is 11.0. The lowest BCUT2D eigenvalue weighted by Gasteiger charge is -2.31. The van der Waals surface area contributed by atoms with Crippen molar-refractivity contribution in [2.24, 2.45) is 5.41 Å². The van der Waals surface area contributed by atoms with Crippen LogP contribution in [0, 0.1) is 11.2 Å². The van der Waals surface area contributed by atoms with Gasteiger partial charge in [0.2, 0.25) is 0 Å². The maximum atomic E-state index is 14.7. The SMILES string of the molecule is COc1ccc(Cn2nc(C3CCN(OC(=O)C(C)(C)C)CC3)c3c(Oc4ccc(N)cc4F)ccnc32)cc1. The van der Waals surface area contributed by atoms with Crippen LogP contribution in [-0.2, 0) is 16.2 Å². The summed E-state index contributed by atoms with van der Waals surface area (Å²) in [7, 11) is 1.63. The van der Waals surface area contributed by atoms with Gasteiger partial charge in [-0.05, 0) is 69.5 Å². The molecule has 1 fully saturated rings. The summed E-state index contributed by atoms with van der Waals surface area (Å²) in [6.45, 7) is 7.13. The highest BCUT2D eigenvalue weighted by molar-refractivity contribution is 5.86. The predicted octanol–water partition coefficient (Wildman–Crippen LogP) is 5.69. The number of halogens is 1. The molecule has 10 heteroatoms. The van der Waals surface area contributed by atoms with Gasteiger partial charge in [-0.2, -0.15) is 5.10 Å². The Morgan fingerprint density at radius 3 is 2.45 bits per heavy atom. The zero-order chi connectivity index (χ0) is 28.4. The number of ether oxygens (including phenoxy) is 2. The molecule has 0 aliphatic carbocycles. The summed E-state index contributed by atoms with van der Waals surface area (Å²) < 4.78 is 27.9. The topological polar surface area (TPSA) is 105 Å². The maximum Gasteiger partial charge on any atom is 0.330 e. The minimum absolute atomic E-state index is 0.0621. The Morgan fingerprint density at radius 2 is 1.80 bits per heavy atom. The van der Waals surface area contributed by atoms with Crippen LogP contribution in [0.4, 0.5) is 10.1 Å². The Kier molecular flexibility index (Phi) is 7.62. The number of hydrogen-bond acceptors (Lipinski definition) is 8. The molecular weight excluding hydrogens is 513 g/mol. The van der Waals surface area contributed by atoms with Crippen LogP contribution < -0.4 is 15.2 Å². The Hall–Kier alpha value is -4.18. The number of nitrogen functional groups attached to an aromatic ring is 1. The normalized spacial score (nSPS) is 14.8. The average Bonchev–Trinajstić information content (AvgIpc) is 3.29. The van der Waals surface area contributed by atoms with E-state index in [-0.39, 0.29) is 17.6 Å². The molecule has 5 rings (SSSR count). The van der Waals surface area contributed by atoms with Crippen LogP contribution in [0.3, 0.4) is 0 Å². The molecule has 4 aromatic rings. The van der Waals surface area contributed by atoms with Crippen LogP contribution in [0.15, 0.2) is 54.7 Å². The van der Waals surface area contributed by atoms with E-state index in [1.54, 1.807) is 30.5 Å². The van der Waals surface area contributed by atoms with Crippen LogP contribution in [0.1, 0.15) is 50.8 Å². The number of fused-ring (bicyclic) bond motifs is 1. The number of pyridine rings is 1. The number of nitrogens with zero attached hydrogens (tertiary/aromatic N) is 4. The number of hydrogen-bond donors (Lipinski definition) is 1. The number of carbonyl (C=O) groups is 1. The van der Waals surface area contributed by atoms with E-state index < -0.39 is 11.2 Å². The van der Waals surface area contributed by atoms with Gasteiger partial charge < -0.3 is 20.0 Å². The van der Waals surface area contributed by atoms with Crippen LogP contribution in [0.2, 0.25) is 0 Å². The number of benzene rings is 2. The molecule has 2 aromatic heterocycles. The molecule has 9 nitrogen and oxygen atoms in total. The number of rotatable bonds is 7. The molecule has 0 atom stereocenters. The summed E-state index contributed by atoms with van der Waals surface area (Å²) in [6, 6.07) is 13.8. The van der Waals surface area contributed by atoms with Crippen LogP contribution in [0.25, 0.3) is 11.0 Å².